The zero-order valence-electron chi connectivity index (χ0n) is 17.8. The lowest BCUT2D eigenvalue weighted by atomic mass is 9.86. The highest BCUT2D eigenvalue weighted by molar-refractivity contribution is 5.20. The van der Waals surface area contributed by atoms with E-state index < -0.39 is 22.4 Å². The maximum atomic E-state index is 10.5. The molecular formula is C22H38O4. The van der Waals surface area contributed by atoms with Crippen molar-refractivity contribution in [1.82, 2.24) is 0 Å². The van der Waals surface area contributed by atoms with Gasteiger partial charge in [-0.25, -0.2) is 0 Å². The fourth-order valence-corrected chi connectivity index (χ4v) is 2.82. The van der Waals surface area contributed by atoms with Gasteiger partial charge in [-0.2, -0.15) is 0 Å². The summed E-state index contributed by atoms with van der Waals surface area (Å²) in [6.45, 7) is 14.1. The summed E-state index contributed by atoms with van der Waals surface area (Å²) >= 11 is 0. The van der Waals surface area contributed by atoms with E-state index in [4.69, 9.17) is 0 Å². The first kappa shape index (κ1) is 25.0. The molecule has 0 heterocycles. The first-order valence-corrected chi connectivity index (χ1v) is 9.41. The van der Waals surface area contributed by atoms with E-state index in [1.165, 1.54) is 0 Å². The van der Waals surface area contributed by atoms with Gasteiger partial charge in [-0.15, -0.1) is 0 Å². The van der Waals surface area contributed by atoms with Crippen molar-refractivity contribution in [3.63, 3.8) is 0 Å². The van der Waals surface area contributed by atoms with Crippen molar-refractivity contribution in [3.05, 3.63) is 0 Å². The molecule has 0 aromatic heterocycles. The Kier molecular flexibility index (Phi) is 8.88. The molecule has 26 heavy (non-hydrogen) atoms. The van der Waals surface area contributed by atoms with Crippen LogP contribution < -0.4 is 0 Å². The fraction of sp³-hybridized carbons (Fsp3) is 0.818. The minimum atomic E-state index is -1.20. The molecule has 0 aliphatic heterocycles. The van der Waals surface area contributed by atoms with Crippen LogP contribution in [0, 0.1) is 35.5 Å². The lowest BCUT2D eigenvalue weighted by Crippen LogP contribution is -2.30. The molecule has 0 saturated carbocycles. The summed E-state index contributed by atoms with van der Waals surface area (Å²) in [7, 11) is 0. The van der Waals surface area contributed by atoms with Crippen molar-refractivity contribution in [2.24, 2.45) is 11.8 Å². The lowest BCUT2D eigenvalue weighted by Gasteiger charge is -2.25. The van der Waals surface area contributed by atoms with E-state index in [1.807, 2.05) is 20.8 Å². The number of hydrogen-bond donors (Lipinski definition) is 4. The molecule has 0 saturated heterocycles. The van der Waals surface area contributed by atoms with Crippen molar-refractivity contribution >= 4 is 0 Å². The van der Waals surface area contributed by atoms with Crippen molar-refractivity contribution in [2.75, 3.05) is 0 Å². The van der Waals surface area contributed by atoms with Gasteiger partial charge in [0.2, 0.25) is 0 Å². The van der Waals surface area contributed by atoms with Crippen LogP contribution in [-0.2, 0) is 0 Å². The van der Waals surface area contributed by atoms with Gasteiger partial charge < -0.3 is 20.4 Å². The standard InChI is InChI=1S/C22H38O4/c1-17(2)15-21(7,25)13-14-22(8,26)16-18(3)9-10-20(6,24)12-11-19(4,5)23/h17-18,23-26H,9-10,15-16H2,1-8H3. The highest BCUT2D eigenvalue weighted by Crippen LogP contribution is 2.24. The highest BCUT2D eigenvalue weighted by Gasteiger charge is 2.26. The molecule has 0 aliphatic rings. The molecule has 4 unspecified atom stereocenters. The van der Waals surface area contributed by atoms with E-state index in [1.54, 1.807) is 34.6 Å². The van der Waals surface area contributed by atoms with Crippen molar-refractivity contribution < 1.29 is 20.4 Å². The second kappa shape index (κ2) is 9.25. The second-order valence-corrected chi connectivity index (χ2v) is 9.33. The van der Waals surface area contributed by atoms with Crippen molar-refractivity contribution in [2.45, 2.75) is 103 Å². The molecule has 0 aromatic carbocycles. The summed E-state index contributed by atoms with van der Waals surface area (Å²) < 4.78 is 0. The maximum Gasteiger partial charge on any atom is 0.123 e. The third-order valence-corrected chi connectivity index (χ3v) is 3.91. The Morgan fingerprint density at radius 1 is 0.654 bits per heavy atom. The van der Waals surface area contributed by atoms with Gasteiger partial charge in [0.25, 0.3) is 0 Å². The van der Waals surface area contributed by atoms with Gasteiger partial charge in [0.15, 0.2) is 0 Å². The topological polar surface area (TPSA) is 80.9 Å². The number of rotatable bonds is 7. The van der Waals surface area contributed by atoms with Crippen LogP contribution in [0.2, 0.25) is 0 Å². The largest absolute Gasteiger partial charge is 0.378 e. The van der Waals surface area contributed by atoms with Crippen LogP contribution in [0.5, 0.6) is 0 Å². The molecule has 4 heteroatoms. The predicted octanol–water partition coefficient (Wildman–Crippen LogP) is 2.87. The van der Waals surface area contributed by atoms with Gasteiger partial charge in [0.05, 0.1) is 0 Å². The quantitative estimate of drug-likeness (QED) is 0.522. The molecule has 0 spiro atoms. The first-order valence-electron chi connectivity index (χ1n) is 9.41. The Labute approximate surface area is 160 Å². The van der Waals surface area contributed by atoms with Gasteiger partial charge in [0.1, 0.15) is 22.4 Å². The molecule has 4 nitrogen and oxygen atoms in total. The van der Waals surface area contributed by atoms with E-state index in [9.17, 15) is 20.4 Å². The second-order valence-electron chi connectivity index (χ2n) is 9.33. The van der Waals surface area contributed by atoms with Gasteiger partial charge in [-0.05, 0) is 72.1 Å². The van der Waals surface area contributed by atoms with E-state index in [2.05, 4.69) is 23.7 Å². The normalized spacial score (nSPS) is 19.9. The van der Waals surface area contributed by atoms with Crippen molar-refractivity contribution in [1.29, 1.82) is 0 Å². The molecule has 0 aromatic rings. The Morgan fingerprint density at radius 3 is 1.50 bits per heavy atom. The highest BCUT2D eigenvalue weighted by atomic mass is 16.3. The van der Waals surface area contributed by atoms with Crippen LogP contribution in [-0.4, -0.2) is 42.8 Å². The van der Waals surface area contributed by atoms with Gasteiger partial charge in [0, 0.05) is 0 Å². The van der Waals surface area contributed by atoms with Crippen LogP contribution >= 0.6 is 0 Å². The Balaban J connectivity index is 4.76. The average Bonchev–Trinajstić information content (AvgIpc) is 2.39. The number of aliphatic hydroxyl groups is 4. The molecule has 4 atom stereocenters. The van der Waals surface area contributed by atoms with E-state index in [-0.39, 0.29) is 5.92 Å². The zero-order chi connectivity index (χ0) is 20.8. The summed E-state index contributed by atoms with van der Waals surface area (Å²) in [5.74, 6) is 11.4. The van der Waals surface area contributed by atoms with Crippen LogP contribution in [0.1, 0.15) is 81.1 Å². The monoisotopic (exact) mass is 366 g/mol. The predicted molar refractivity (Wildman–Crippen MR) is 106 cm³/mol. The summed E-state index contributed by atoms with van der Waals surface area (Å²) in [5.41, 5.74) is -4.64. The van der Waals surface area contributed by atoms with E-state index in [0.29, 0.717) is 31.6 Å². The number of hydrogen-bond acceptors (Lipinski definition) is 4. The first-order chi connectivity index (χ1) is 11.4. The molecule has 0 aliphatic carbocycles. The minimum absolute atomic E-state index is 0.116. The molecule has 150 valence electrons. The Hall–Kier alpha value is -1.04. The summed E-state index contributed by atoms with van der Waals surface area (Å²) in [6, 6.07) is 0. The third kappa shape index (κ3) is 13.2. The lowest BCUT2D eigenvalue weighted by molar-refractivity contribution is 0.0723. The molecule has 0 bridgehead atoms. The molecule has 0 fully saturated rings. The van der Waals surface area contributed by atoms with Crippen LogP contribution in [0.4, 0.5) is 0 Å². The molecule has 0 amide bonds. The minimum Gasteiger partial charge on any atom is -0.378 e. The van der Waals surface area contributed by atoms with Crippen molar-refractivity contribution in [3.8, 4) is 23.7 Å². The maximum absolute atomic E-state index is 10.5. The van der Waals surface area contributed by atoms with Crippen LogP contribution in [0.15, 0.2) is 0 Å². The van der Waals surface area contributed by atoms with E-state index >= 15 is 0 Å². The zero-order valence-corrected chi connectivity index (χ0v) is 17.8. The summed E-state index contributed by atoms with van der Waals surface area (Å²) in [4.78, 5) is 0. The smallest absolute Gasteiger partial charge is 0.123 e. The summed E-state index contributed by atoms with van der Waals surface area (Å²) in [5, 5.41) is 40.7. The average molecular weight is 367 g/mol. The van der Waals surface area contributed by atoms with Crippen LogP contribution in [0.25, 0.3) is 0 Å². The van der Waals surface area contributed by atoms with Gasteiger partial charge >= 0.3 is 0 Å². The Bertz CT molecular complexity index is 557. The SMILES string of the molecule is CC(C)CC(C)(O)C#CC(C)(O)CC(C)CCC(C)(O)C#CC(C)(C)O. The molecule has 0 radical (unpaired) electrons. The molecule has 0 rings (SSSR count). The molecular weight excluding hydrogens is 328 g/mol. The fourth-order valence-electron chi connectivity index (χ4n) is 2.82. The third-order valence-electron chi connectivity index (χ3n) is 3.91. The Morgan fingerprint density at radius 2 is 1.08 bits per heavy atom. The van der Waals surface area contributed by atoms with Crippen LogP contribution in [0.3, 0.4) is 0 Å². The van der Waals surface area contributed by atoms with Gasteiger partial charge in [-0.1, -0.05) is 44.5 Å². The van der Waals surface area contributed by atoms with E-state index in [0.717, 1.165) is 0 Å². The van der Waals surface area contributed by atoms with Gasteiger partial charge in [-0.3, -0.25) is 0 Å². The summed E-state index contributed by atoms with van der Waals surface area (Å²) in [6.07, 6.45) is 2.08. The molecule has 4 N–H and O–H groups in total.